The van der Waals surface area contributed by atoms with E-state index in [4.69, 9.17) is 9.26 Å². The Morgan fingerprint density at radius 3 is 2.79 bits per heavy atom. The second-order valence-electron chi connectivity index (χ2n) is 5.96. The molecule has 0 spiro atoms. The van der Waals surface area contributed by atoms with Crippen molar-refractivity contribution in [2.75, 3.05) is 14.2 Å². The lowest BCUT2D eigenvalue weighted by Gasteiger charge is -2.17. The first-order chi connectivity index (χ1) is 11.6. The molecule has 1 aromatic carbocycles. The van der Waals surface area contributed by atoms with E-state index in [9.17, 15) is 0 Å². The van der Waals surface area contributed by atoms with Crippen molar-refractivity contribution in [3.63, 3.8) is 0 Å². The Bertz CT molecular complexity index is 780. The van der Waals surface area contributed by atoms with Gasteiger partial charge in [-0.05, 0) is 37.7 Å². The smallest absolute Gasteiger partial charge is 0.150 e. The highest BCUT2D eigenvalue weighted by molar-refractivity contribution is 5.37. The summed E-state index contributed by atoms with van der Waals surface area (Å²) in [4.78, 5) is 2.19. The van der Waals surface area contributed by atoms with Crippen LogP contribution in [0.2, 0.25) is 0 Å². The normalized spacial score (nSPS) is 11.2. The van der Waals surface area contributed by atoms with Crippen LogP contribution in [0.25, 0.3) is 0 Å². The third-order valence-corrected chi connectivity index (χ3v) is 3.79. The molecule has 0 amide bonds. The van der Waals surface area contributed by atoms with Crippen LogP contribution < -0.4 is 4.74 Å². The fraction of sp³-hybridized carbons (Fsp3) is 0.333. The van der Waals surface area contributed by atoms with Crippen molar-refractivity contribution in [1.29, 1.82) is 0 Å². The second kappa shape index (κ2) is 7.31. The number of rotatable bonds is 7. The minimum atomic E-state index is 0.690. The van der Waals surface area contributed by atoms with Crippen LogP contribution in [-0.2, 0) is 19.6 Å². The van der Waals surface area contributed by atoms with Gasteiger partial charge in [0.15, 0.2) is 5.76 Å². The highest BCUT2D eigenvalue weighted by Crippen LogP contribution is 2.22. The van der Waals surface area contributed by atoms with E-state index in [1.54, 1.807) is 13.3 Å². The number of aromatic nitrogens is 3. The standard InChI is InChI=1S/C18H22N4O2/c1-14-9-17(24-20-14)13-21(2)11-15-5-6-18(23-3)16(10-15)12-22-8-4-7-19-22/h4-10H,11-13H2,1-3H3. The molecule has 126 valence electrons. The lowest BCUT2D eigenvalue weighted by molar-refractivity contribution is 0.266. The zero-order chi connectivity index (χ0) is 16.9. The van der Waals surface area contributed by atoms with Crippen molar-refractivity contribution in [3.8, 4) is 5.75 Å². The summed E-state index contributed by atoms with van der Waals surface area (Å²) in [5, 5.41) is 8.19. The van der Waals surface area contributed by atoms with Crippen LogP contribution in [0.15, 0.2) is 47.2 Å². The fourth-order valence-electron chi connectivity index (χ4n) is 2.75. The predicted octanol–water partition coefficient (Wildman–Crippen LogP) is 2.87. The molecule has 0 fully saturated rings. The summed E-state index contributed by atoms with van der Waals surface area (Å²) >= 11 is 0. The first kappa shape index (κ1) is 16.3. The molecule has 0 saturated heterocycles. The molecule has 6 nitrogen and oxygen atoms in total. The maximum Gasteiger partial charge on any atom is 0.150 e. The Labute approximate surface area is 141 Å². The SMILES string of the molecule is COc1ccc(CN(C)Cc2cc(C)no2)cc1Cn1cccn1. The number of nitrogens with zero attached hydrogens (tertiary/aromatic N) is 4. The zero-order valence-electron chi connectivity index (χ0n) is 14.3. The Balaban J connectivity index is 1.70. The molecule has 3 aromatic rings. The highest BCUT2D eigenvalue weighted by Gasteiger charge is 2.09. The Hall–Kier alpha value is -2.60. The maximum absolute atomic E-state index is 5.47. The Kier molecular flexibility index (Phi) is 4.96. The first-order valence-corrected chi connectivity index (χ1v) is 7.88. The third-order valence-electron chi connectivity index (χ3n) is 3.79. The van der Waals surface area contributed by atoms with E-state index >= 15 is 0 Å². The molecule has 0 saturated carbocycles. The fourth-order valence-corrected chi connectivity index (χ4v) is 2.75. The molecule has 0 bridgehead atoms. The van der Waals surface area contributed by atoms with Crippen LogP contribution in [0.1, 0.15) is 22.6 Å². The first-order valence-electron chi connectivity index (χ1n) is 7.88. The van der Waals surface area contributed by atoms with E-state index in [0.29, 0.717) is 6.54 Å². The van der Waals surface area contributed by atoms with Gasteiger partial charge >= 0.3 is 0 Å². The van der Waals surface area contributed by atoms with Crippen LogP contribution >= 0.6 is 0 Å². The van der Waals surface area contributed by atoms with Gasteiger partial charge in [-0.2, -0.15) is 5.10 Å². The number of hydrogen-bond acceptors (Lipinski definition) is 5. The summed E-state index contributed by atoms with van der Waals surface area (Å²) in [5.74, 6) is 1.75. The molecular formula is C18H22N4O2. The van der Waals surface area contributed by atoms with Gasteiger partial charge in [-0.25, -0.2) is 0 Å². The Morgan fingerprint density at radius 1 is 1.25 bits per heavy atom. The van der Waals surface area contributed by atoms with Crippen LogP contribution in [0, 0.1) is 6.92 Å². The molecule has 2 aromatic heterocycles. The summed E-state index contributed by atoms with van der Waals surface area (Å²) in [7, 11) is 3.76. The van der Waals surface area contributed by atoms with Gasteiger partial charge in [0.2, 0.25) is 0 Å². The lowest BCUT2D eigenvalue weighted by atomic mass is 10.1. The Morgan fingerprint density at radius 2 is 2.12 bits per heavy atom. The predicted molar refractivity (Wildman–Crippen MR) is 90.7 cm³/mol. The molecule has 0 aliphatic heterocycles. The number of aryl methyl sites for hydroxylation is 1. The minimum Gasteiger partial charge on any atom is -0.496 e. The summed E-state index contributed by atoms with van der Waals surface area (Å²) < 4.78 is 12.6. The molecule has 3 rings (SSSR count). The monoisotopic (exact) mass is 326 g/mol. The van der Waals surface area contributed by atoms with Gasteiger partial charge in [0.1, 0.15) is 5.75 Å². The quantitative estimate of drug-likeness (QED) is 0.668. The highest BCUT2D eigenvalue weighted by atomic mass is 16.5. The summed E-state index contributed by atoms with van der Waals surface area (Å²) in [6.45, 7) is 4.16. The average Bonchev–Trinajstić information content (AvgIpc) is 3.19. The molecule has 0 unspecified atom stereocenters. The van der Waals surface area contributed by atoms with Crippen LogP contribution in [0.3, 0.4) is 0 Å². The second-order valence-corrected chi connectivity index (χ2v) is 5.96. The zero-order valence-corrected chi connectivity index (χ0v) is 14.3. The number of hydrogen-bond donors (Lipinski definition) is 0. The minimum absolute atomic E-state index is 0.690. The van der Waals surface area contributed by atoms with E-state index in [-0.39, 0.29) is 0 Å². The molecule has 0 N–H and O–H groups in total. The van der Waals surface area contributed by atoms with Gasteiger partial charge in [0.25, 0.3) is 0 Å². The van der Waals surface area contributed by atoms with Crippen LogP contribution in [-0.4, -0.2) is 34.0 Å². The van der Waals surface area contributed by atoms with Crippen molar-refractivity contribution in [2.24, 2.45) is 0 Å². The summed E-state index contributed by atoms with van der Waals surface area (Å²) in [5.41, 5.74) is 3.24. The average molecular weight is 326 g/mol. The van der Waals surface area contributed by atoms with Crippen molar-refractivity contribution < 1.29 is 9.26 Å². The van der Waals surface area contributed by atoms with Gasteiger partial charge in [0, 0.05) is 30.6 Å². The lowest BCUT2D eigenvalue weighted by Crippen LogP contribution is -2.17. The molecule has 0 aliphatic carbocycles. The van der Waals surface area contributed by atoms with Gasteiger partial charge in [-0.1, -0.05) is 11.2 Å². The topological polar surface area (TPSA) is 56.3 Å². The van der Waals surface area contributed by atoms with Crippen LogP contribution in [0.4, 0.5) is 0 Å². The van der Waals surface area contributed by atoms with Crippen molar-refractivity contribution in [1.82, 2.24) is 19.8 Å². The van der Waals surface area contributed by atoms with E-state index in [0.717, 1.165) is 35.9 Å². The van der Waals surface area contributed by atoms with Gasteiger partial charge < -0.3 is 9.26 Å². The van der Waals surface area contributed by atoms with Gasteiger partial charge in [-0.3, -0.25) is 9.58 Å². The van der Waals surface area contributed by atoms with Gasteiger partial charge in [-0.15, -0.1) is 0 Å². The van der Waals surface area contributed by atoms with Crippen molar-refractivity contribution in [2.45, 2.75) is 26.6 Å². The van der Waals surface area contributed by atoms with E-state index in [1.165, 1.54) is 5.56 Å². The molecular weight excluding hydrogens is 304 g/mol. The summed E-state index contributed by atoms with van der Waals surface area (Å²) in [6, 6.07) is 10.2. The van der Waals surface area contributed by atoms with Crippen molar-refractivity contribution in [3.05, 3.63) is 65.3 Å². The molecule has 6 heteroatoms. The number of methoxy groups -OCH3 is 1. The third kappa shape index (κ3) is 4.02. The number of ether oxygens (including phenoxy) is 1. The van der Waals surface area contributed by atoms with Crippen molar-refractivity contribution >= 4 is 0 Å². The molecule has 2 heterocycles. The van der Waals surface area contributed by atoms with E-state index in [1.807, 2.05) is 36.0 Å². The maximum atomic E-state index is 5.47. The number of benzene rings is 1. The molecule has 0 aliphatic rings. The molecule has 0 atom stereocenters. The molecule has 24 heavy (non-hydrogen) atoms. The van der Waals surface area contributed by atoms with Crippen LogP contribution in [0.5, 0.6) is 5.75 Å². The molecule has 0 radical (unpaired) electrons. The largest absolute Gasteiger partial charge is 0.496 e. The van der Waals surface area contributed by atoms with E-state index in [2.05, 4.69) is 34.3 Å². The van der Waals surface area contributed by atoms with E-state index < -0.39 is 0 Å². The van der Waals surface area contributed by atoms with Gasteiger partial charge in [0.05, 0.1) is 25.9 Å². The summed E-state index contributed by atoms with van der Waals surface area (Å²) in [6.07, 6.45) is 3.73.